The Bertz CT molecular complexity index is 719. The van der Waals surface area contributed by atoms with E-state index < -0.39 is 17.0 Å². The summed E-state index contributed by atoms with van der Waals surface area (Å²) in [5.41, 5.74) is -1.61. The van der Waals surface area contributed by atoms with Crippen molar-refractivity contribution in [2.75, 3.05) is 0 Å². The highest BCUT2D eigenvalue weighted by molar-refractivity contribution is 6.30. The van der Waals surface area contributed by atoms with Gasteiger partial charge in [-0.15, -0.1) is 0 Å². The van der Waals surface area contributed by atoms with Crippen LogP contribution in [0.5, 0.6) is 0 Å². The van der Waals surface area contributed by atoms with Gasteiger partial charge in [-0.25, -0.2) is 4.98 Å². The first kappa shape index (κ1) is 16.9. The van der Waals surface area contributed by atoms with Crippen molar-refractivity contribution >= 4 is 17.6 Å². The van der Waals surface area contributed by atoms with Gasteiger partial charge in [-0.2, -0.15) is 5.10 Å². The number of aliphatic hydroxyl groups is 1. The van der Waals surface area contributed by atoms with Crippen molar-refractivity contribution in [2.45, 2.75) is 38.3 Å². The van der Waals surface area contributed by atoms with Gasteiger partial charge in [0.1, 0.15) is 18.3 Å². The van der Waals surface area contributed by atoms with E-state index in [0.29, 0.717) is 24.3 Å². The number of carboxylic acids is 1. The lowest BCUT2D eigenvalue weighted by atomic mass is 9.71. The maximum absolute atomic E-state index is 11.9. The molecule has 24 heavy (non-hydrogen) atoms. The third kappa shape index (κ3) is 2.80. The molecular formula is C17H20ClN3O3. The van der Waals surface area contributed by atoms with Crippen LogP contribution in [0.25, 0.3) is 0 Å². The molecule has 1 aromatic carbocycles. The smallest absolute Gasteiger partial charge is 0.312 e. The first-order chi connectivity index (χ1) is 11.3. The average molecular weight is 350 g/mol. The maximum atomic E-state index is 11.9. The first-order valence-corrected chi connectivity index (χ1v) is 8.25. The number of carboxylic acid groups (broad SMARTS) is 1. The summed E-state index contributed by atoms with van der Waals surface area (Å²) < 4.78 is 1.50. The molecule has 1 fully saturated rings. The third-order valence-electron chi connectivity index (χ3n) is 5.36. The lowest BCUT2D eigenvalue weighted by Gasteiger charge is -2.40. The summed E-state index contributed by atoms with van der Waals surface area (Å²) in [6, 6.07) is 7.43. The van der Waals surface area contributed by atoms with Crippen LogP contribution in [0.4, 0.5) is 0 Å². The Balaban J connectivity index is 1.92. The first-order valence-electron chi connectivity index (χ1n) is 7.88. The molecule has 1 heterocycles. The predicted molar refractivity (Wildman–Crippen MR) is 88.6 cm³/mol. The van der Waals surface area contributed by atoms with Gasteiger partial charge in [0.15, 0.2) is 0 Å². The lowest BCUT2D eigenvalue weighted by molar-refractivity contribution is -0.169. The summed E-state index contributed by atoms with van der Waals surface area (Å²) >= 11 is 5.92. The van der Waals surface area contributed by atoms with Crippen LogP contribution in [0.15, 0.2) is 36.9 Å². The number of halogens is 1. The minimum Gasteiger partial charge on any atom is -0.481 e. The minimum atomic E-state index is -1.41. The number of carbonyl (C=O) groups is 1. The highest BCUT2D eigenvalue weighted by Crippen LogP contribution is 2.52. The van der Waals surface area contributed by atoms with Crippen LogP contribution in [0.1, 0.15) is 25.3 Å². The molecule has 1 saturated carbocycles. The van der Waals surface area contributed by atoms with Crippen molar-refractivity contribution in [1.29, 1.82) is 0 Å². The van der Waals surface area contributed by atoms with E-state index in [4.69, 9.17) is 11.6 Å². The molecule has 128 valence electrons. The normalized spacial score (nSPS) is 29.7. The molecule has 2 aromatic rings. The molecule has 2 N–H and O–H groups in total. The Kier molecular flexibility index (Phi) is 4.36. The SMILES string of the molecule is C[C@]1(C(=O)O)CC[C@H](Cc2ccc(Cl)cc2)[C@@]1(O)Cn1cncn1. The molecule has 0 bridgehead atoms. The second kappa shape index (κ2) is 6.18. The predicted octanol–water partition coefficient (Wildman–Crippen LogP) is 2.41. The van der Waals surface area contributed by atoms with Crippen molar-refractivity contribution in [3.8, 4) is 0 Å². The topological polar surface area (TPSA) is 88.2 Å². The van der Waals surface area contributed by atoms with Crippen molar-refractivity contribution < 1.29 is 15.0 Å². The van der Waals surface area contributed by atoms with E-state index in [1.54, 1.807) is 19.1 Å². The lowest BCUT2D eigenvalue weighted by Crippen LogP contribution is -2.54. The van der Waals surface area contributed by atoms with Gasteiger partial charge in [0, 0.05) is 5.02 Å². The number of hydrogen-bond donors (Lipinski definition) is 2. The molecule has 0 aliphatic heterocycles. The van der Waals surface area contributed by atoms with Gasteiger partial charge in [0.2, 0.25) is 0 Å². The Morgan fingerprint density at radius 2 is 2.12 bits per heavy atom. The Labute approximate surface area is 145 Å². The minimum absolute atomic E-state index is 0.105. The van der Waals surface area contributed by atoms with Crippen molar-refractivity contribution in [1.82, 2.24) is 14.8 Å². The van der Waals surface area contributed by atoms with Gasteiger partial charge in [0.25, 0.3) is 0 Å². The third-order valence-corrected chi connectivity index (χ3v) is 5.61. The van der Waals surface area contributed by atoms with Crippen LogP contribution in [0, 0.1) is 11.3 Å². The zero-order valence-corrected chi connectivity index (χ0v) is 14.1. The molecule has 1 aliphatic carbocycles. The summed E-state index contributed by atoms with van der Waals surface area (Å²) in [5.74, 6) is -1.17. The van der Waals surface area contributed by atoms with E-state index in [9.17, 15) is 15.0 Å². The molecule has 0 spiro atoms. The molecule has 6 nitrogen and oxygen atoms in total. The van der Waals surface area contributed by atoms with Crippen LogP contribution >= 0.6 is 11.6 Å². The zero-order valence-electron chi connectivity index (χ0n) is 13.4. The molecule has 3 rings (SSSR count). The van der Waals surface area contributed by atoms with Gasteiger partial charge in [-0.1, -0.05) is 23.7 Å². The maximum Gasteiger partial charge on any atom is 0.312 e. The molecule has 3 atom stereocenters. The number of rotatable bonds is 5. The Hall–Kier alpha value is -1.92. The van der Waals surface area contributed by atoms with E-state index in [2.05, 4.69) is 10.1 Å². The Morgan fingerprint density at radius 1 is 1.42 bits per heavy atom. The van der Waals surface area contributed by atoms with Gasteiger partial charge in [0.05, 0.1) is 12.0 Å². The summed E-state index contributed by atoms with van der Waals surface area (Å²) in [6.07, 6.45) is 4.52. The molecule has 0 saturated heterocycles. The van der Waals surface area contributed by atoms with Gasteiger partial charge in [-0.05, 0) is 49.8 Å². The van der Waals surface area contributed by atoms with Gasteiger partial charge >= 0.3 is 5.97 Å². The van der Waals surface area contributed by atoms with Gasteiger partial charge < -0.3 is 10.2 Å². The summed E-state index contributed by atoms with van der Waals surface area (Å²) in [4.78, 5) is 15.8. The van der Waals surface area contributed by atoms with E-state index in [-0.39, 0.29) is 12.5 Å². The van der Waals surface area contributed by atoms with Crippen molar-refractivity contribution in [2.24, 2.45) is 11.3 Å². The monoisotopic (exact) mass is 349 g/mol. The summed E-state index contributed by atoms with van der Waals surface area (Å²) in [6.45, 7) is 1.72. The Morgan fingerprint density at radius 3 is 2.71 bits per heavy atom. The number of nitrogens with zero attached hydrogens (tertiary/aromatic N) is 3. The highest BCUT2D eigenvalue weighted by atomic mass is 35.5. The van der Waals surface area contributed by atoms with Crippen molar-refractivity contribution in [3.05, 3.63) is 47.5 Å². The van der Waals surface area contributed by atoms with E-state index in [0.717, 1.165) is 5.56 Å². The fourth-order valence-corrected chi connectivity index (χ4v) is 3.83. The fourth-order valence-electron chi connectivity index (χ4n) is 3.70. The highest BCUT2D eigenvalue weighted by Gasteiger charge is 2.61. The molecule has 7 heteroatoms. The van der Waals surface area contributed by atoms with Crippen molar-refractivity contribution in [3.63, 3.8) is 0 Å². The second-order valence-electron chi connectivity index (χ2n) is 6.72. The van der Waals surface area contributed by atoms with E-state index in [1.807, 2.05) is 12.1 Å². The number of aliphatic carboxylic acids is 1. The van der Waals surface area contributed by atoms with Crippen LogP contribution in [0.3, 0.4) is 0 Å². The number of hydrogen-bond acceptors (Lipinski definition) is 4. The molecule has 0 amide bonds. The standard InChI is InChI=1S/C17H20ClN3O3/c1-16(15(22)23)7-6-13(8-12-2-4-14(18)5-3-12)17(16,24)9-21-11-19-10-20-21/h2-5,10-11,13,24H,6-9H2,1H3,(H,22,23)/t13-,16-,17+/m1/s1. The quantitative estimate of drug-likeness (QED) is 0.865. The molecule has 1 aromatic heterocycles. The number of benzene rings is 1. The van der Waals surface area contributed by atoms with E-state index in [1.165, 1.54) is 17.3 Å². The molecule has 0 unspecified atom stereocenters. The molecular weight excluding hydrogens is 330 g/mol. The molecule has 1 aliphatic rings. The average Bonchev–Trinajstić information content (AvgIpc) is 3.12. The van der Waals surface area contributed by atoms with Crippen LogP contribution in [0.2, 0.25) is 5.02 Å². The van der Waals surface area contributed by atoms with E-state index >= 15 is 0 Å². The number of aromatic nitrogens is 3. The van der Waals surface area contributed by atoms with Gasteiger partial charge in [-0.3, -0.25) is 9.48 Å². The fraction of sp³-hybridized carbons (Fsp3) is 0.471. The zero-order chi connectivity index (χ0) is 17.4. The van der Waals surface area contributed by atoms with Crippen LogP contribution in [-0.4, -0.2) is 36.5 Å². The van der Waals surface area contributed by atoms with Crippen LogP contribution < -0.4 is 0 Å². The second-order valence-corrected chi connectivity index (χ2v) is 7.16. The largest absolute Gasteiger partial charge is 0.481 e. The summed E-state index contributed by atoms with van der Waals surface area (Å²) in [7, 11) is 0. The molecule has 0 radical (unpaired) electrons. The van der Waals surface area contributed by atoms with Crippen LogP contribution in [-0.2, 0) is 17.8 Å². The summed E-state index contributed by atoms with van der Waals surface area (Å²) in [5, 5.41) is 25.9.